The summed E-state index contributed by atoms with van der Waals surface area (Å²) in [5.41, 5.74) is 1.10. The molecule has 0 bridgehead atoms. The highest BCUT2D eigenvalue weighted by Crippen LogP contribution is 2.10. The van der Waals surface area contributed by atoms with E-state index in [4.69, 9.17) is 0 Å². The molecule has 0 aliphatic rings. The number of amides is 2. The molecule has 0 saturated carbocycles. The number of hydrogen-bond donors (Lipinski definition) is 1. The average molecular weight is 328 g/mol. The van der Waals surface area contributed by atoms with Crippen molar-refractivity contribution in [3.05, 3.63) is 34.3 Å². The summed E-state index contributed by atoms with van der Waals surface area (Å²) in [6, 6.07) is 7.92. The van der Waals surface area contributed by atoms with Crippen LogP contribution in [0.15, 0.2) is 28.7 Å². The van der Waals surface area contributed by atoms with Crippen molar-refractivity contribution in [2.24, 2.45) is 0 Å². The van der Waals surface area contributed by atoms with Gasteiger partial charge < -0.3 is 15.1 Å². The third kappa shape index (κ3) is 6.59. The first-order chi connectivity index (χ1) is 8.99. The van der Waals surface area contributed by atoms with Crippen molar-refractivity contribution in [2.75, 3.05) is 34.2 Å². The van der Waals surface area contributed by atoms with E-state index in [2.05, 4.69) is 26.1 Å². The Balaban J connectivity index is 2.28. The van der Waals surface area contributed by atoms with Crippen molar-refractivity contribution < 1.29 is 4.79 Å². The summed E-state index contributed by atoms with van der Waals surface area (Å²) in [7, 11) is 5.90. The monoisotopic (exact) mass is 327 g/mol. The van der Waals surface area contributed by atoms with Crippen LogP contribution in [0.1, 0.15) is 12.0 Å². The molecule has 0 atom stereocenters. The van der Waals surface area contributed by atoms with Crippen LogP contribution in [0.2, 0.25) is 0 Å². The van der Waals surface area contributed by atoms with Gasteiger partial charge in [-0.1, -0.05) is 28.1 Å². The molecule has 0 fully saturated rings. The summed E-state index contributed by atoms with van der Waals surface area (Å²) in [6.07, 6.45) is 0.981. The van der Waals surface area contributed by atoms with Gasteiger partial charge in [0.15, 0.2) is 0 Å². The van der Waals surface area contributed by atoms with Crippen LogP contribution in [0.5, 0.6) is 0 Å². The van der Waals surface area contributed by atoms with E-state index in [9.17, 15) is 4.79 Å². The molecule has 0 spiro atoms. The summed E-state index contributed by atoms with van der Waals surface area (Å²) >= 11 is 3.39. The molecule has 1 aromatic rings. The minimum Gasteiger partial charge on any atom is -0.334 e. The lowest BCUT2D eigenvalue weighted by atomic mass is 10.2. The van der Waals surface area contributed by atoms with Crippen LogP contribution in [-0.2, 0) is 6.54 Å². The molecule has 0 aliphatic carbocycles. The second-order valence-corrected chi connectivity index (χ2v) is 5.78. The highest BCUT2D eigenvalue weighted by molar-refractivity contribution is 9.10. The minimum absolute atomic E-state index is 0.0262. The first-order valence-corrected chi connectivity index (χ1v) is 7.16. The lowest BCUT2D eigenvalue weighted by Gasteiger charge is -2.19. The van der Waals surface area contributed by atoms with Crippen molar-refractivity contribution in [3.8, 4) is 0 Å². The zero-order valence-electron chi connectivity index (χ0n) is 11.8. The molecule has 1 N–H and O–H groups in total. The minimum atomic E-state index is -0.0262. The number of carbonyl (C=O) groups is 1. The zero-order valence-corrected chi connectivity index (χ0v) is 13.4. The number of halogens is 1. The first kappa shape index (κ1) is 16.0. The van der Waals surface area contributed by atoms with Gasteiger partial charge in [-0.3, -0.25) is 0 Å². The molecule has 0 saturated heterocycles. The summed E-state index contributed by atoms with van der Waals surface area (Å²) in [5, 5.41) is 2.91. The van der Waals surface area contributed by atoms with Gasteiger partial charge in [-0.2, -0.15) is 0 Å². The van der Waals surface area contributed by atoms with Crippen molar-refractivity contribution >= 4 is 22.0 Å². The molecule has 0 heterocycles. The maximum atomic E-state index is 11.9. The van der Waals surface area contributed by atoms with Gasteiger partial charge in [0.05, 0.1) is 0 Å². The number of carbonyl (C=O) groups excluding carboxylic acids is 1. The van der Waals surface area contributed by atoms with Crippen LogP contribution < -0.4 is 5.32 Å². The predicted molar refractivity (Wildman–Crippen MR) is 82.2 cm³/mol. The molecule has 106 valence electrons. The van der Waals surface area contributed by atoms with Crippen LogP contribution in [0.25, 0.3) is 0 Å². The van der Waals surface area contributed by atoms with Crippen LogP contribution in [-0.4, -0.2) is 50.1 Å². The predicted octanol–water partition coefficient (Wildman–Crippen LogP) is 2.54. The average Bonchev–Trinajstić information content (AvgIpc) is 2.37. The molecule has 0 radical (unpaired) electrons. The van der Waals surface area contributed by atoms with Crippen LogP contribution in [0.3, 0.4) is 0 Å². The van der Waals surface area contributed by atoms with Crippen molar-refractivity contribution in [1.29, 1.82) is 0 Å². The Morgan fingerprint density at radius 2 is 1.79 bits per heavy atom. The fourth-order valence-electron chi connectivity index (χ4n) is 1.64. The molecule has 4 nitrogen and oxygen atoms in total. The van der Waals surface area contributed by atoms with E-state index < -0.39 is 0 Å². The third-order valence-corrected chi connectivity index (χ3v) is 3.33. The molecular weight excluding hydrogens is 306 g/mol. The van der Waals surface area contributed by atoms with E-state index >= 15 is 0 Å². The van der Waals surface area contributed by atoms with Crippen molar-refractivity contribution in [3.63, 3.8) is 0 Å². The number of urea groups is 1. The summed E-state index contributed by atoms with van der Waals surface area (Å²) in [5.74, 6) is 0. The number of nitrogens with one attached hydrogen (secondary N) is 1. The van der Waals surface area contributed by atoms with Crippen molar-refractivity contribution in [2.45, 2.75) is 13.0 Å². The molecule has 5 heteroatoms. The second kappa shape index (κ2) is 8.17. The first-order valence-electron chi connectivity index (χ1n) is 6.37. The third-order valence-electron chi connectivity index (χ3n) is 2.80. The number of hydrogen-bond acceptors (Lipinski definition) is 2. The fraction of sp³-hybridized carbons (Fsp3) is 0.500. The largest absolute Gasteiger partial charge is 0.334 e. The van der Waals surface area contributed by atoms with Gasteiger partial charge in [-0.15, -0.1) is 0 Å². The Hall–Kier alpha value is -1.07. The van der Waals surface area contributed by atoms with Crippen LogP contribution in [0, 0.1) is 0 Å². The van der Waals surface area contributed by atoms with E-state index in [1.807, 2.05) is 45.4 Å². The van der Waals surface area contributed by atoms with Gasteiger partial charge in [0.1, 0.15) is 0 Å². The molecule has 1 rings (SSSR count). The van der Waals surface area contributed by atoms with Crippen LogP contribution in [0.4, 0.5) is 4.79 Å². The Labute approximate surface area is 123 Å². The van der Waals surface area contributed by atoms with E-state index in [0.29, 0.717) is 6.54 Å². The Bertz CT molecular complexity index is 392. The fourth-order valence-corrected chi connectivity index (χ4v) is 1.90. The molecule has 2 amide bonds. The summed E-state index contributed by atoms with van der Waals surface area (Å²) in [4.78, 5) is 15.7. The van der Waals surface area contributed by atoms with Gasteiger partial charge in [0.2, 0.25) is 0 Å². The van der Waals surface area contributed by atoms with E-state index in [-0.39, 0.29) is 6.03 Å². The van der Waals surface area contributed by atoms with Gasteiger partial charge >= 0.3 is 6.03 Å². The number of benzene rings is 1. The Kier molecular flexibility index (Phi) is 6.87. The number of nitrogens with zero attached hydrogens (tertiary/aromatic N) is 2. The lowest BCUT2D eigenvalue weighted by molar-refractivity contribution is 0.206. The topological polar surface area (TPSA) is 35.6 Å². The van der Waals surface area contributed by atoms with Gasteiger partial charge in [-0.25, -0.2) is 4.79 Å². The summed E-state index contributed by atoms with van der Waals surface area (Å²) < 4.78 is 1.04. The van der Waals surface area contributed by atoms with E-state index in [1.54, 1.807) is 4.90 Å². The zero-order chi connectivity index (χ0) is 14.3. The van der Waals surface area contributed by atoms with Gasteiger partial charge in [-0.05, 0) is 44.8 Å². The summed E-state index contributed by atoms with van der Waals surface area (Å²) in [6.45, 7) is 2.32. The molecule has 1 aromatic carbocycles. The maximum Gasteiger partial charge on any atom is 0.317 e. The normalized spacial score (nSPS) is 10.6. The highest BCUT2D eigenvalue weighted by atomic mass is 79.9. The highest BCUT2D eigenvalue weighted by Gasteiger charge is 2.07. The Morgan fingerprint density at radius 3 is 2.37 bits per heavy atom. The molecule has 0 unspecified atom stereocenters. The van der Waals surface area contributed by atoms with E-state index in [1.165, 1.54) is 0 Å². The van der Waals surface area contributed by atoms with Gasteiger partial charge in [0.25, 0.3) is 0 Å². The smallest absolute Gasteiger partial charge is 0.317 e. The lowest BCUT2D eigenvalue weighted by Crippen LogP contribution is -2.38. The molecule has 19 heavy (non-hydrogen) atoms. The van der Waals surface area contributed by atoms with E-state index in [0.717, 1.165) is 29.5 Å². The Morgan fingerprint density at radius 1 is 1.16 bits per heavy atom. The SMILES string of the molecule is CN(C)CCCN(C)C(=O)NCc1ccc(Br)cc1. The molecular formula is C14H22BrN3O. The molecule has 0 aliphatic heterocycles. The maximum absolute atomic E-state index is 11.9. The molecule has 0 aromatic heterocycles. The standard InChI is InChI=1S/C14H22BrN3O/c1-17(2)9-4-10-18(3)14(19)16-11-12-5-7-13(15)8-6-12/h5-8H,4,9-11H2,1-3H3,(H,16,19). The second-order valence-electron chi connectivity index (χ2n) is 4.86. The van der Waals surface area contributed by atoms with Crippen LogP contribution >= 0.6 is 15.9 Å². The number of rotatable bonds is 6. The quantitative estimate of drug-likeness (QED) is 0.871. The van der Waals surface area contributed by atoms with Crippen molar-refractivity contribution in [1.82, 2.24) is 15.1 Å². The van der Waals surface area contributed by atoms with Gasteiger partial charge in [0, 0.05) is 24.6 Å².